The smallest absolute Gasteiger partial charge is 0.382 e. The van der Waals surface area contributed by atoms with Gasteiger partial charge in [0.25, 0.3) is 0 Å². The first kappa shape index (κ1) is 12.7. The van der Waals surface area contributed by atoms with Gasteiger partial charge in [-0.05, 0) is 5.92 Å². The first-order valence-corrected chi connectivity index (χ1v) is 4.94. The Labute approximate surface area is 86.8 Å². The summed E-state index contributed by atoms with van der Waals surface area (Å²) in [6.07, 6.45) is -6.79. The van der Waals surface area contributed by atoms with Gasteiger partial charge < -0.3 is 9.84 Å². The molecule has 0 radical (unpaired) electrons. The molecule has 0 aromatic rings. The predicted octanol–water partition coefficient (Wildman–Crippen LogP) is 0.878. The van der Waals surface area contributed by atoms with Gasteiger partial charge in [0.15, 0.2) is 6.10 Å². The van der Waals surface area contributed by atoms with Crippen molar-refractivity contribution in [2.45, 2.75) is 19.2 Å². The van der Waals surface area contributed by atoms with Crippen molar-refractivity contribution in [2.75, 3.05) is 32.8 Å². The molecule has 0 saturated carbocycles. The minimum absolute atomic E-state index is 0.202. The summed E-state index contributed by atoms with van der Waals surface area (Å²) in [6.45, 7) is 3.52. The number of ether oxygens (including phenoxy) is 1. The van der Waals surface area contributed by atoms with Crippen LogP contribution in [0.3, 0.4) is 0 Å². The minimum atomic E-state index is -4.53. The molecule has 1 heterocycles. The number of aliphatic hydroxyl groups excluding tert-OH is 1. The van der Waals surface area contributed by atoms with Gasteiger partial charge in [-0.15, -0.1) is 0 Å². The lowest BCUT2D eigenvalue weighted by molar-refractivity contribution is -0.208. The molecule has 0 unspecified atom stereocenters. The van der Waals surface area contributed by atoms with Gasteiger partial charge in [-0.2, -0.15) is 13.2 Å². The second kappa shape index (κ2) is 5.14. The zero-order valence-electron chi connectivity index (χ0n) is 8.63. The summed E-state index contributed by atoms with van der Waals surface area (Å²) in [5.41, 5.74) is 0. The van der Waals surface area contributed by atoms with Crippen molar-refractivity contribution in [1.29, 1.82) is 0 Å². The number of rotatable bonds is 2. The van der Waals surface area contributed by atoms with Crippen molar-refractivity contribution in [1.82, 2.24) is 4.90 Å². The van der Waals surface area contributed by atoms with E-state index in [2.05, 4.69) is 0 Å². The van der Waals surface area contributed by atoms with Gasteiger partial charge in [0.1, 0.15) is 0 Å². The summed E-state index contributed by atoms with van der Waals surface area (Å²) in [7, 11) is 0. The van der Waals surface area contributed by atoms with Gasteiger partial charge in [-0.25, -0.2) is 0 Å². The molecule has 1 fully saturated rings. The molecule has 0 aromatic carbocycles. The first-order chi connectivity index (χ1) is 6.89. The highest BCUT2D eigenvalue weighted by molar-refractivity contribution is 4.74. The van der Waals surface area contributed by atoms with E-state index in [0.29, 0.717) is 26.3 Å². The van der Waals surface area contributed by atoms with Gasteiger partial charge in [-0.1, -0.05) is 6.92 Å². The number of alkyl halides is 3. The van der Waals surface area contributed by atoms with Gasteiger partial charge >= 0.3 is 6.18 Å². The normalized spacial score (nSPS) is 27.4. The number of nitrogens with zero attached hydrogens (tertiary/aromatic N) is 1. The summed E-state index contributed by atoms with van der Waals surface area (Å²) < 4.78 is 41.5. The Bertz CT molecular complexity index is 198. The van der Waals surface area contributed by atoms with Crippen LogP contribution in [-0.2, 0) is 4.74 Å². The highest BCUT2D eigenvalue weighted by atomic mass is 19.4. The maximum Gasteiger partial charge on any atom is 0.415 e. The predicted molar refractivity (Wildman–Crippen MR) is 48.5 cm³/mol. The van der Waals surface area contributed by atoms with Crippen LogP contribution < -0.4 is 0 Å². The van der Waals surface area contributed by atoms with Gasteiger partial charge in [0.2, 0.25) is 0 Å². The third-order valence-electron chi connectivity index (χ3n) is 2.33. The van der Waals surface area contributed by atoms with Crippen LogP contribution in [0.15, 0.2) is 0 Å². The van der Waals surface area contributed by atoms with Gasteiger partial charge in [0, 0.05) is 19.6 Å². The molecule has 1 aliphatic rings. The molecule has 90 valence electrons. The maximum absolute atomic E-state index is 12.1. The minimum Gasteiger partial charge on any atom is -0.382 e. The topological polar surface area (TPSA) is 32.7 Å². The standard InChI is InChI=1S/C9H16F3NO2/c1-7-4-13(2-3-15-6-7)5-8(14)9(10,11)12/h7-8,14H,2-6H2,1H3/t7-,8-/m1/s1. The van der Waals surface area contributed by atoms with Crippen LogP contribution in [0.4, 0.5) is 13.2 Å². The Kier molecular flexibility index (Phi) is 4.36. The lowest BCUT2D eigenvalue weighted by Gasteiger charge is -2.25. The Morgan fingerprint density at radius 1 is 1.53 bits per heavy atom. The molecule has 1 aliphatic heterocycles. The monoisotopic (exact) mass is 227 g/mol. The molecule has 0 aromatic heterocycles. The van der Waals surface area contributed by atoms with Crippen molar-refractivity contribution >= 4 is 0 Å². The zero-order valence-corrected chi connectivity index (χ0v) is 8.63. The van der Waals surface area contributed by atoms with E-state index in [-0.39, 0.29) is 12.5 Å². The van der Waals surface area contributed by atoms with Crippen LogP contribution in [-0.4, -0.2) is 55.1 Å². The third-order valence-corrected chi connectivity index (χ3v) is 2.33. The van der Waals surface area contributed by atoms with Gasteiger partial charge in [0.05, 0.1) is 13.2 Å². The average molecular weight is 227 g/mol. The van der Waals surface area contributed by atoms with Crippen molar-refractivity contribution in [3.05, 3.63) is 0 Å². The number of halogens is 3. The summed E-state index contributed by atoms with van der Waals surface area (Å²) in [6, 6.07) is 0. The Hall–Kier alpha value is -0.330. The van der Waals surface area contributed by atoms with Crippen LogP contribution in [0.5, 0.6) is 0 Å². The fraction of sp³-hybridized carbons (Fsp3) is 1.00. The zero-order chi connectivity index (χ0) is 11.5. The summed E-state index contributed by atoms with van der Waals surface area (Å²) in [5.74, 6) is 0.202. The van der Waals surface area contributed by atoms with E-state index >= 15 is 0 Å². The molecule has 0 spiro atoms. The van der Waals surface area contributed by atoms with Crippen molar-refractivity contribution in [2.24, 2.45) is 5.92 Å². The molecular formula is C9H16F3NO2. The van der Waals surface area contributed by atoms with E-state index in [1.165, 1.54) is 0 Å². The lowest BCUT2D eigenvalue weighted by atomic mass is 10.2. The third kappa shape index (κ3) is 4.36. The Morgan fingerprint density at radius 2 is 2.20 bits per heavy atom. The van der Waals surface area contributed by atoms with E-state index in [4.69, 9.17) is 9.84 Å². The molecule has 15 heavy (non-hydrogen) atoms. The Morgan fingerprint density at radius 3 is 2.80 bits per heavy atom. The van der Waals surface area contributed by atoms with Crippen LogP contribution >= 0.6 is 0 Å². The lowest BCUT2D eigenvalue weighted by Crippen LogP contribution is -2.42. The number of hydrogen-bond acceptors (Lipinski definition) is 3. The van der Waals surface area contributed by atoms with E-state index in [0.717, 1.165) is 0 Å². The molecule has 6 heteroatoms. The quantitative estimate of drug-likeness (QED) is 0.760. The maximum atomic E-state index is 12.1. The second-order valence-electron chi connectivity index (χ2n) is 4.00. The summed E-state index contributed by atoms with van der Waals surface area (Å²) >= 11 is 0. The molecule has 3 nitrogen and oxygen atoms in total. The Balaban J connectivity index is 2.42. The molecule has 2 atom stereocenters. The van der Waals surface area contributed by atoms with E-state index in [9.17, 15) is 13.2 Å². The molecular weight excluding hydrogens is 211 g/mol. The largest absolute Gasteiger partial charge is 0.415 e. The molecule has 1 N–H and O–H groups in total. The van der Waals surface area contributed by atoms with Crippen LogP contribution in [0, 0.1) is 5.92 Å². The fourth-order valence-corrected chi connectivity index (χ4v) is 1.58. The molecule has 0 bridgehead atoms. The number of β-amino-alcohol motifs (C(OH)–C–C–N with tert-alkyl or cyclic N) is 1. The summed E-state index contributed by atoms with van der Waals surface area (Å²) in [5, 5.41) is 8.91. The van der Waals surface area contributed by atoms with Crippen LogP contribution in [0.2, 0.25) is 0 Å². The van der Waals surface area contributed by atoms with E-state index in [1.54, 1.807) is 4.90 Å². The number of aliphatic hydroxyl groups is 1. The van der Waals surface area contributed by atoms with E-state index in [1.807, 2.05) is 6.92 Å². The SMILES string of the molecule is C[C@H]1COCCN(C[C@@H](O)C(F)(F)F)C1. The van der Waals surface area contributed by atoms with Crippen molar-refractivity contribution in [3.63, 3.8) is 0 Å². The molecule has 0 aliphatic carbocycles. The van der Waals surface area contributed by atoms with Crippen molar-refractivity contribution in [3.8, 4) is 0 Å². The fourth-order valence-electron chi connectivity index (χ4n) is 1.58. The molecule has 0 amide bonds. The van der Waals surface area contributed by atoms with Crippen LogP contribution in [0.25, 0.3) is 0 Å². The van der Waals surface area contributed by atoms with Crippen LogP contribution in [0.1, 0.15) is 6.92 Å². The average Bonchev–Trinajstić information content (AvgIpc) is 2.28. The number of hydrogen-bond donors (Lipinski definition) is 1. The van der Waals surface area contributed by atoms with Gasteiger partial charge in [-0.3, -0.25) is 4.90 Å². The molecule has 1 saturated heterocycles. The van der Waals surface area contributed by atoms with Crippen molar-refractivity contribution < 1.29 is 23.0 Å². The highest BCUT2D eigenvalue weighted by Crippen LogP contribution is 2.21. The second-order valence-corrected chi connectivity index (χ2v) is 4.00. The summed E-state index contributed by atoms with van der Waals surface area (Å²) in [4.78, 5) is 1.59. The van der Waals surface area contributed by atoms with E-state index < -0.39 is 12.3 Å². The molecule has 1 rings (SSSR count). The first-order valence-electron chi connectivity index (χ1n) is 4.94. The highest BCUT2D eigenvalue weighted by Gasteiger charge is 2.39.